The minimum Gasteiger partial charge on any atom is -0.483 e. The monoisotopic (exact) mass is 418 g/mol. The number of halogens is 1. The molecule has 144 valence electrons. The van der Waals surface area contributed by atoms with E-state index in [2.05, 4.69) is 5.32 Å². The molecule has 1 atom stereocenters. The summed E-state index contributed by atoms with van der Waals surface area (Å²) in [5.41, 5.74) is 1.57. The number of hydrogen-bond donors (Lipinski definition) is 1. The van der Waals surface area contributed by atoms with Crippen molar-refractivity contribution in [3.05, 3.63) is 64.7 Å². The van der Waals surface area contributed by atoms with Gasteiger partial charge in [-0.05, 0) is 42.3 Å². The van der Waals surface area contributed by atoms with Crippen molar-refractivity contribution in [1.82, 2.24) is 5.32 Å². The lowest BCUT2D eigenvalue weighted by atomic mass is 10.1. The van der Waals surface area contributed by atoms with Crippen LogP contribution in [0.2, 0.25) is 5.02 Å². The number of amides is 2. The maximum atomic E-state index is 11.6. The molecule has 1 aliphatic rings. The van der Waals surface area contributed by atoms with Gasteiger partial charge in [0.15, 0.2) is 6.61 Å². The minimum absolute atomic E-state index is 0.0503. The highest BCUT2D eigenvalue weighted by Crippen LogP contribution is 2.24. The molecule has 1 unspecified atom stereocenters. The van der Waals surface area contributed by atoms with Gasteiger partial charge in [0.25, 0.3) is 11.0 Å². The Kier molecular flexibility index (Phi) is 6.49. The Balaban J connectivity index is 1.65. The van der Waals surface area contributed by atoms with E-state index in [1.54, 1.807) is 36.4 Å². The molecule has 0 saturated carbocycles. The number of ether oxygens (including phenoxy) is 1. The van der Waals surface area contributed by atoms with Crippen molar-refractivity contribution in [3.8, 4) is 5.75 Å². The fourth-order valence-corrected chi connectivity index (χ4v) is 3.67. The van der Waals surface area contributed by atoms with Gasteiger partial charge in [0.05, 0.1) is 5.25 Å². The Morgan fingerprint density at radius 2 is 1.96 bits per heavy atom. The van der Waals surface area contributed by atoms with Crippen molar-refractivity contribution in [2.75, 3.05) is 6.61 Å². The van der Waals surface area contributed by atoms with E-state index < -0.39 is 11.2 Å². The molecule has 28 heavy (non-hydrogen) atoms. The fraction of sp³-hybridized carbons (Fsp3) is 0.200. The molecule has 6 nitrogen and oxygen atoms in total. The molecule has 0 radical (unpaired) electrons. The second-order valence-corrected chi connectivity index (χ2v) is 7.66. The molecule has 8 heteroatoms. The van der Waals surface area contributed by atoms with Gasteiger partial charge in [-0.15, -0.1) is 0 Å². The Bertz CT molecular complexity index is 942. The lowest BCUT2D eigenvalue weighted by molar-refractivity contribution is -0.242. The van der Waals surface area contributed by atoms with Crippen LogP contribution in [-0.4, -0.2) is 34.8 Å². The Hall–Kier alpha value is -2.64. The van der Waals surface area contributed by atoms with E-state index in [0.717, 1.165) is 17.3 Å². The summed E-state index contributed by atoms with van der Waals surface area (Å²) in [7, 11) is 0. The van der Waals surface area contributed by atoms with Crippen LogP contribution in [0.25, 0.3) is 0 Å². The van der Waals surface area contributed by atoms with Crippen LogP contribution >= 0.6 is 23.4 Å². The standard InChI is InChI=1S/C20H16ClNO5S/c1-12(23)27-17(14-3-2-4-15(21)10-14)11-26-16-7-5-13(6-8-16)9-18-19(24)22-20(25)28-18/h2-8,10,18H,9,11H2,1H3/p+1. The summed E-state index contributed by atoms with van der Waals surface area (Å²) in [6.45, 7) is 1.37. The van der Waals surface area contributed by atoms with Gasteiger partial charge in [0.1, 0.15) is 12.7 Å². The normalized spacial score (nSPS) is 16.8. The van der Waals surface area contributed by atoms with Crippen molar-refractivity contribution >= 4 is 46.3 Å². The second kappa shape index (κ2) is 9.03. The van der Waals surface area contributed by atoms with E-state index in [-0.39, 0.29) is 17.8 Å². The molecular weight excluding hydrogens is 402 g/mol. The fourth-order valence-electron chi connectivity index (χ4n) is 2.62. The zero-order valence-corrected chi connectivity index (χ0v) is 16.5. The maximum Gasteiger partial charge on any atom is 0.577 e. The average Bonchev–Trinajstić information content (AvgIpc) is 2.96. The van der Waals surface area contributed by atoms with Crippen LogP contribution < -0.4 is 10.1 Å². The summed E-state index contributed by atoms with van der Waals surface area (Å²) in [5.74, 6) is 0.222. The van der Waals surface area contributed by atoms with E-state index in [0.29, 0.717) is 28.5 Å². The molecule has 3 rings (SSSR count). The molecule has 1 fully saturated rings. The molecule has 0 bridgehead atoms. The van der Waals surface area contributed by atoms with Crippen molar-refractivity contribution < 1.29 is 23.5 Å². The van der Waals surface area contributed by atoms with E-state index >= 15 is 0 Å². The highest BCUT2D eigenvalue weighted by Gasteiger charge is 2.31. The van der Waals surface area contributed by atoms with Crippen molar-refractivity contribution in [1.29, 1.82) is 0 Å². The van der Waals surface area contributed by atoms with Crippen LogP contribution in [0.15, 0.2) is 48.5 Å². The molecule has 2 amide bonds. The van der Waals surface area contributed by atoms with Crippen LogP contribution in [0, 0.1) is 0 Å². The molecule has 1 aliphatic heterocycles. The first kappa shape index (κ1) is 20.1. The van der Waals surface area contributed by atoms with Gasteiger partial charge in [-0.3, -0.25) is 19.3 Å². The first-order valence-electron chi connectivity index (χ1n) is 8.44. The van der Waals surface area contributed by atoms with Crippen molar-refractivity contribution in [3.63, 3.8) is 0 Å². The molecule has 0 aliphatic carbocycles. The van der Waals surface area contributed by atoms with E-state index in [1.165, 1.54) is 6.92 Å². The number of hydrogen-bond acceptors (Lipinski definition) is 5. The summed E-state index contributed by atoms with van der Waals surface area (Å²) in [5, 5.41) is 2.07. The maximum absolute atomic E-state index is 11.6. The number of thioether (sulfide) groups is 1. The number of nitrogens with one attached hydrogen (secondary N) is 1. The van der Waals surface area contributed by atoms with Gasteiger partial charge < -0.3 is 4.74 Å². The highest BCUT2D eigenvalue weighted by molar-refractivity contribution is 8.15. The van der Waals surface area contributed by atoms with Crippen LogP contribution in [0.5, 0.6) is 5.75 Å². The lowest BCUT2D eigenvalue weighted by Crippen LogP contribution is -2.25. The van der Waals surface area contributed by atoms with Gasteiger partial charge in [-0.1, -0.05) is 41.6 Å². The predicted molar refractivity (Wildman–Crippen MR) is 107 cm³/mol. The summed E-state index contributed by atoms with van der Waals surface area (Å²) < 4.78 is 11.0. The molecule has 0 spiro atoms. The molecule has 0 aromatic heterocycles. The minimum atomic E-state index is -0.448. The van der Waals surface area contributed by atoms with Crippen molar-refractivity contribution in [2.45, 2.75) is 18.6 Å². The zero-order valence-electron chi connectivity index (χ0n) is 14.9. The third-order valence-electron chi connectivity index (χ3n) is 3.89. The van der Waals surface area contributed by atoms with E-state index in [9.17, 15) is 14.4 Å². The lowest BCUT2D eigenvalue weighted by Gasteiger charge is -2.08. The summed E-state index contributed by atoms with van der Waals surface area (Å²) in [6, 6.07) is 14.1. The first-order chi connectivity index (χ1) is 13.4. The molecular formula is C20H17ClNO5S+. The molecule has 2 aromatic carbocycles. The SMILES string of the molecule is CC(=O)[O+]=C(COc1ccc(CC2SC(=O)NC2=O)cc1)c1cccc(Cl)c1. The van der Waals surface area contributed by atoms with E-state index in [1.807, 2.05) is 12.1 Å². The quantitative estimate of drug-likeness (QED) is 0.572. The number of imide groups is 1. The first-order valence-corrected chi connectivity index (χ1v) is 9.70. The molecule has 1 heterocycles. The smallest absolute Gasteiger partial charge is 0.483 e. The molecule has 1 saturated heterocycles. The Morgan fingerprint density at radius 3 is 2.57 bits per heavy atom. The van der Waals surface area contributed by atoms with Gasteiger partial charge in [0.2, 0.25) is 5.91 Å². The van der Waals surface area contributed by atoms with Crippen LogP contribution in [0.1, 0.15) is 22.5 Å². The molecule has 1 N–H and O–H groups in total. The molecule has 2 aromatic rings. The second-order valence-electron chi connectivity index (χ2n) is 6.05. The third-order valence-corrected chi connectivity index (χ3v) is 5.11. The Morgan fingerprint density at radius 1 is 1.21 bits per heavy atom. The number of rotatable bonds is 6. The van der Waals surface area contributed by atoms with Gasteiger partial charge in [-0.25, -0.2) is 0 Å². The van der Waals surface area contributed by atoms with Gasteiger partial charge in [-0.2, -0.15) is 0 Å². The number of ketones is 1. The van der Waals surface area contributed by atoms with Crippen LogP contribution in [0.4, 0.5) is 4.79 Å². The number of benzene rings is 2. The number of carbonyl (C=O) groups is 3. The predicted octanol–water partition coefficient (Wildman–Crippen LogP) is 3.58. The summed E-state index contributed by atoms with van der Waals surface area (Å²) in [4.78, 5) is 34.3. The zero-order chi connectivity index (χ0) is 20.1. The summed E-state index contributed by atoms with van der Waals surface area (Å²) >= 11 is 7.00. The van der Waals surface area contributed by atoms with Gasteiger partial charge >= 0.3 is 5.97 Å². The highest BCUT2D eigenvalue weighted by atomic mass is 35.5. The summed E-state index contributed by atoms with van der Waals surface area (Å²) in [6.07, 6.45) is 0.454. The Labute approximate surface area is 170 Å². The number of carbonyl (C=O) groups excluding carboxylic acids is 4. The third kappa shape index (κ3) is 5.43. The van der Waals surface area contributed by atoms with Crippen LogP contribution in [0.3, 0.4) is 0 Å². The van der Waals surface area contributed by atoms with Crippen molar-refractivity contribution in [2.24, 2.45) is 0 Å². The topological polar surface area (TPSA) is 83.8 Å². The largest absolute Gasteiger partial charge is 0.577 e. The van der Waals surface area contributed by atoms with Crippen LogP contribution in [-0.2, 0) is 16.0 Å². The van der Waals surface area contributed by atoms with E-state index in [4.69, 9.17) is 20.8 Å². The average molecular weight is 419 g/mol. The van der Waals surface area contributed by atoms with Gasteiger partial charge in [0, 0.05) is 15.4 Å².